The van der Waals surface area contributed by atoms with Crippen molar-refractivity contribution < 1.29 is 23.9 Å². The van der Waals surface area contributed by atoms with Crippen LogP contribution in [-0.2, 0) is 14.3 Å². The molecule has 0 saturated heterocycles. The predicted octanol–water partition coefficient (Wildman–Crippen LogP) is 5.03. The summed E-state index contributed by atoms with van der Waals surface area (Å²) in [7, 11) is 0. The van der Waals surface area contributed by atoms with Gasteiger partial charge in [0.25, 0.3) is 11.1 Å². The van der Waals surface area contributed by atoms with E-state index in [2.05, 4.69) is 30.8 Å². The maximum atomic E-state index is 11.8. The van der Waals surface area contributed by atoms with Crippen molar-refractivity contribution in [3.8, 4) is 6.07 Å². The Hall–Kier alpha value is -5.31. The van der Waals surface area contributed by atoms with Crippen molar-refractivity contribution in [2.45, 2.75) is 122 Å². The van der Waals surface area contributed by atoms with Gasteiger partial charge in [0, 0.05) is 43.4 Å². The van der Waals surface area contributed by atoms with E-state index in [4.69, 9.17) is 27.0 Å². The summed E-state index contributed by atoms with van der Waals surface area (Å²) in [6, 6.07) is 5.08. The molecule has 49 heavy (non-hydrogen) atoms. The molecule has 0 atom stereocenters. The zero-order chi connectivity index (χ0) is 36.8. The molecule has 0 aliphatic heterocycles. The van der Waals surface area contributed by atoms with Gasteiger partial charge in [0.15, 0.2) is 0 Å². The maximum Gasteiger partial charge on any atom is 0.407 e. The van der Waals surface area contributed by atoms with E-state index in [0.717, 1.165) is 38.5 Å². The molecule has 4 rings (SSSR count). The number of anilines is 2. The van der Waals surface area contributed by atoms with Gasteiger partial charge in [-0.1, -0.05) is 0 Å². The molecule has 0 bridgehead atoms. The minimum Gasteiger partial charge on any atom is -0.444 e. The highest BCUT2D eigenvalue weighted by Crippen LogP contribution is 2.23. The Bertz CT molecular complexity index is 1620. The largest absolute Gasteiger partial charge is 0.444 e. The van der Waals surface area contributed by atoms with E-state index in [-0.39, 0.29) is 52.9 Å². The molecule has 15 nitrogen and oxygen atoms in total. The SMILES string of the molecule is CC(C)(C)OC(=O)NC1CCC(=O)CC1.N#Cc1c[nH]c(=O)c(N)c1.[C-]#[N+]c1c[nH]c(=O)c(NC2CCC(NC(=O)OC(C)(C)C)CC2)c1. The zero-order valence-corrected chi connectivity index (χ0v) is 29.0. The van der Waals surface area contributed by atoms with Crippen LogP contribution < -0.4 is 32.8 Å². The van der Waals surface area contributed by atoms with Crippen molar-refractivity contribution in [3.63, 3.8) is 0 Å². The van der Waals surface area contributed by atoms with E-state index in [0.29, 0.717) is 29.8 Å². The fourth-order valence-corrected chi connectivity index (χ4v) is 4.84. The molecule has 0 radical (unpaired) electrons. The molecule has 2 heterocycles. The summed E-state index contributed by atoms with van der Waals surface area (Å²) in [5, 5.41) is 17.2. The summed E-state index contributed by atoms with van der Waals surface area (Å²) in [4.78, 5) is 64.8. The Morgan fingerprint density at radius 3 is 1.80 bits per heavy atom. The minimum absolute atomic E-state index is 0.0686. The number of aromatic nitrogens is 2. The summed E-state index contributed by atoms with van der Waals surface area (Å²) >= 11 is 0. The van der Waals surface area contributed by atoms with Gasteiger partial charge in [0.2, 0.25) is 5.69 Å². The number of rotatable bonds is 4. The number of ether oxygens (including phenoxy) is 2. The Morgan fingerprint density at radius 1 is 0.837 bits per heavy atom. The van der Waals surface area contributed by atoms with Crippen molar-refractivity contribution in [1.29, 1.82) is 5.26 Å². The first-order chi connectivity index (χ1) is 22.9. The number of nitrogens with one attached hydrogen (secondary N) is 5. The van der Waals surface area contributed by atoms with Gasteiger partial charge in [-0.15, -0.1) is 0 Å². The molecule has 2 aromatic heterocycles. The van der Waals surface area contributed by atoms with E-state index >= 15 is 0 Å². The van der Waals surface area contributed by atoms with E-state index in [1.807, 2.05) is 47.6 Å². The predicted molar refractivity (Wildman–Crippen MR) is 185 cm³/mol. The number of hydrogen-bond donors (Lipinski definition) is 6. The fraction of sp³-hybridized carbons (Fsp3) is 0.559. The average Bonchev–Trinajstić information content (AvgIpc) is 3.00. The number of Topliss-reactive ketones (excluding diaryl/α,β-unsaturated/α-hetero) is 1. The smallest absolute Gasteiger partial charge is 0.407 e. The van der Waals surface area contributed by atoms with E-state index in [1.165, 1.54) is 18.5 Å². The monoisotopic (exact) mass is 680 g/mol. The minimum atomic E-state index is -0.502. The van der Waals surface area contributed by atoms with Gasteiger partial charge in [-0.25, -0.2) is 14.4 Å². The quantitative estimate of drug-likeness (QED) is 0.236. The highest BCUT2D eigenvalue weighted by Gasteiger charge is 2.25. The second-order valence-corrected chi connectivity index (χ2v) is 13.8. The molecule has 266 valence electrons. The summed E-state index contributed by atoms with van der Waals surface area (Å²) in [6.07, 6.45) is 7.86. The molecule has 2 aliphatic rings. The third-order valence-corrected chi connectivity index (χ3v) is 7.15. The van der Waals surface area contributed by atoms with Crippen LogP contribution in [0.5, 0.6) is 0 Å². The first-order valence-electron chi connectivity index (χ1n) is 16.1. The van der Waals surface area contributed by atoms with Crippen LogP contribution in [0.1, 0.15) is 98.5 Å². The van der Waals surface area contributed by atoms with Crippen LogP contribution in [0.15, 0.2) is 34.1 Å². The van der Waals surface area contributed by atoms with E-state index in [9.17, 15) is 24.0 Å². The molecule has 2 amide bonds. The third-order valence-electron chi connectivity index (χ3n) is 7.15. The number of nitrogen functional groups attached to an aromatic ring is 1. The molecule has 0 aromatic carbocycles. The summed E-state index contributed by atoms with van der Waals surface area (Å²) in [6.45, 7) is 18.0. The van der Waals surface area contributed by atoms with E-state index in [1.54, 1.807) is 6.07 Å². The number of alkyl carbamates (subject to hydrolysis) is 2. The normalized spacial score (nSPS) is 17.7. The van der Waals surface area contributed by atoms with Gasteiger partial charge in [-0.2, -0.15) is 5.26 Å². The molecule has 2 fully saturated rings. The first-order valence-corrected chi connectivity index (χ1v) is 16.1. The number of amides is 2. The lowest BCUT2D eigenvalue weighted by Crippen LogP contribution is -2.42. The van der Waals surface area contributed by atoms with Crippen molar-refractivity contribution in [3.05, 3.63) is 62.2 Å². The highest BCUT2D eigenvalue weighted by molar-refractivity contribution is 5.79. The molecule has 7 N–H and O–H groups in total. The summed E-state index contributed by atoms with van der Waals surface area (Å²) in [5.41, 5.74) is 4.90. The van der Waals surface area contributed by atoms with Crippen LogP contribution in [-0.4, -0.2) is 57.3 Å². The number of nitrogens with two attached hydrogens (primary N) is 1. The maximum absolute atomic E-state index is 11.8. The topological polar surface area (TPSA) is 226 Å². The number of H-pyrrole nitrogens is 2. The summed E-state index contributed by atoms with van der Waals surface area (Å²) in [5.74, 6) is 0.289. The standard InChI is InChI=1S/C17H24N4O3.C11H19NO3.C6H5N3O/c1-17(2,3)24-16(23)21-12-7-5-11(6-8-12)20-14-9-13(18-4)10-19-15(14)22;1-11(2,3)15-10(14)12-8-4-6-9(13)7-5-8;7-2-4-1-5(8)6(10)9-3-4/h9-12,20H,5-8H2,1-3H3,(H,19,22)(H,21,23);8H,4-7H2,1-3H3,(H,12,14);1,3H,8H2,(H,9,10). The van der Waals surface area contributed by atoms with Gasteiger partial charge >= 0.3 is 12.2 Å². The zero-order valence-electron chi connectivity index (χ0n) is 29.0. The number of aromatic amines is 2. The lowest BCUT2D eigenvalue weighted by atomic mass is 9.91. The fourth-order valence-electron chi connectivity index (χ4n) is 4.84. The van der Waals surface area contributed by atoms with Crippen LogP contribution >= 0.6 is 0 Å². The van der Waals surface area contributed by atoms with Gasteiger partial charge < -0.3 is 41.1 Å². The van der Waals surface area contributed by atoms with Crippen LogP contribution in [0.4, 0.5) is 26.7 Å². The van der Waals surface area contributed by atoms with Crippen LogP contribution in [0.25, 0.3) is 4.85 Å². The van der Waals surface area contributed by atoms with Crippen molar-refractivity contribution in [2.24, 2.45) is 0 Å². The number of nitrogens with zero attached hydrogens (tertiary/aromatic N) is 2. The van der Waals surface area contributed by atoms with Gasteiger partial charge in [0.05, 0.1) is 23.5 Å². The number of ketones is 1. The number of carbonyl (C=O) groups is 3. The average molecular weight is 681 g/mol. The molecule has 2 aliphatic carbocycles. The highest BCUT2D eigenvalue weighted by atomic mass is 16.6. The number of carbonyl (C=O) groups excluding carboxylic acids is 3. The van der Waals surface area contributed by atoms with Crippen molar-refractivity contribution >= 4 is 35.0 Å². The van der Waals surface area contributed by atoms with E-state index < -0.39 is 11.2 Å². The number of nitriles is 1. The van der Waals surface area contributed by atoms with Gasteiger partial charge in [0.1, 0.15) is 23.1 Å². The van der Waals surface area contributed by atoms with Gasteiger partial charge in [-0.3, -0.25) is 14.4 Å². The van der Waals surface area contributed by atoms with Crippen LogP contribution in [0.2, 0.25) is 0 Å². The van der Waals surface area contributed by atoms with Crippen LogP contribution in [0.3, 0.4) is 0 Å². The molecule has 2 aromatic rings. The Labute approximate surface area is 286 Å². The molecule has 2 saturated carbocycles. The molecule has 0 spiro atoms. The van der Waals surface area contributed by atoms with Crippen molar-refractivity contribution in [2.75, 3.05) is 11.1 Å². The molecule has 15 heteroatoms. The Morgan fingerprint density at radius 2 is 1.33 bits per heavy atom. The second kappa shape index (κ2) is 18.3. The Balaban J connectivity index is 0.000000283. The number of hydrogen-bond acceptors (Lipinski definition) is 10. The molecular formula is C34H48N8O7. The lowest BCUT2D eigenvalue weighted by Gasteiger charge is -2.30. The van der Waals surface area contributed by atoms with Crippen LogP contribution in [0, 0.1) is 17.9 Å². The summed E-state index contributed by atoms with van der Waals surface area (Å²) < 4.78 is 10.4. The number of pyridine rings is 2. The second-order valence-electron chi connectivity index (χ2n) is 13.8. The van der Waals surface area contributed by atoms with Gasteiger partial charge in [-0.05, 0) is 92.2 Å². The molecular weight excluding hydrogens is 632 g/mol. The lowest BCUT2D eigenvalue weighted by molar-refractivity contribution is -0.120. The first kappa shape index (κ1) is 39.9. The van der Waals surface area contributed by atoms with Crippen molar-refractivity contribution in [1.82, 2.24) is 20.6 Å². The Kier molecular flexibility index (Phi) is 14.9. The third kappa shape index (κ3) is 15.9. The molecule has 0 unspecified atom stereocenters.